The van der Waals surface area contributed by atoms with Crippen molar-refractivity contribution in [1.82, 2.24) is 0 Å². The summed E-state index contributed by atoms with van der Waals surface area (Å²) in [5, 5.41) is 0.632. The lowest BCUT2D eigenvalue weighted by Gasteiger charge is -2.12. The van der Waals surface area contributed by atoms with Crippen LogP contribution in [-0.4, -0.2) is 6.04 Å². The van der Waals surface area contributed by atoms with Crippen LogP contribution in [0.25, 0.3) is 0 Å². The zero-order chi connectivity index (χ0) is 15.2. The van der Waals surface area contributed by atoms with Gasteiger partial charge in [0.1, 0.15) is 12.4 Å². The molecule has 2 nitrogen and oxygen atoms in total. The van der Waals surface area contributed by atoms with Crippen molar-refractivity contribution in [1.29, 1.82) is 0 Å². The summed E-state index contributed by atoms with van der Waals surface area (Å²) in [6.45, 7) is 2.59. The maximum Gasteiger partial charge on any atom is 0.138 e. The van der Waals surface area contributed by atoms with E-state index >= 15 is 0 Å². The molecule has 2 aromatic rings. The van der Waals surface area contributed by atoms with Gasteiger partial charge >= 0.3 is 0 Å². The van der Waals surface area contributed by atoms with Crippen LogP contribution in [0, 0.1) is 0 Å². The minimum absolute atomic E-state index is 0.176. The SMILES string of the molecule is CCC(N)Cc1ccc(OCc2ccc(Br)cc2)c(Cl)c1. The highest BCUT2D eigenvalue weighted by Gasteiger charge is 2.06. The largest absolute Gasteiger partial charge is 0.487 e. The molecule has 2 N–H and O–H groups in total. The number of rotatable bonds is 6. The van der Waals surface area contributed by atoms with E-state index in [-0.39, 0.29) is 6.04 Å². The monoisotopic (exact) mass is 367 g/mol. The van der Waals surface area contributed by atoms with Crippen molar-refractivity contribution >= 4 is 27.5 Å². The molecule has 1 atom stereocenters. The molecule has 0 fully saturated rings. The molecule has 0 spiro atoms. The van der Waals surface area contributed by atoms with Gasteiger partial charge in [-0.1, -0.05) is 52.7 Å². The highest BCUT2D eigenvalue weighted by Crippen LogP contribution is 2.27. The first-order valence-corrected chi connectivity index (χ1v) is 8.17. The smallest absolute Gasteiger partial charge is 0.138 e. The predicted octanol–water partition coefficient (Wildman–Crippen LogP) is 4.96. The summed E-state index contributed by atoms with van der Waals surface area (Å²) in [6.07, 6.45) is 1.79. The minimum atomic E-state index is 0.176. The van der Waals surface area contributed by atoms with Crippen molar-refractivity contribution in [2.45, 2.75) is 32.4 Å². The van der Waals surface area contributed by atoms with Crippen LogP contribution >= 0.6 is 27.5 Å². The van der Waals surface area contributed by atoms with Crippen LogP contribution < -0.4 is 10.5 Å². The van der Waals surface area contributed by atoms with Gasteiger partial charge in [0.2, 0.25) is 0 Å². The Kier molecular flexibility index (Phi) is 6.09. The summed E-state index contributed by atoms with van der Waals surface area (Å²) < 4.78 is 6.83. The van der Waals surface area contributed by atoms with Crippen LogP contribution in [0.3, 0.4) is 0 Å². The van der Waals surface area contributed by atoms with Crippen molar-refractivity contribution in [2.24, 2.45) is 5.73 Å². The molecule has 0 heterocycles. The molecule has 0 radical (unpaired) electrons. The summed E-state index contributed by atoms with van der Waals surface area (Å²) in [7, 11) is 0. The van der Waals surface area contributed by atoms with Crippen LogP contribution in [0.2, 0.25) is 5.02 Å². The molecule has 0 aliphatic heterocycles. The Morgan fingerprint density at radius 2 is 1.81 bits per heavy atom. The maximum atomic E-state index is 6.27. The van der Waals surface area contributed by atoms with E-state index in [2.05, 4.69) is 22.9 Å². The Labute approximate surface area is 139 Å². The fourth-order valence-corrected chi connectivity index (χ4v) is 2.50. The van der Waals surface area contributed by atoms with E-state index < -0.39 is 0 Å². The fraction of sp³-hybridized carbons (Fsp3) is 0.294. The standard InChI is InChI=1S/C17H19BrClNO/c1-2-15(20)9-13-5-8-17(16(19)10-13)21-11-12-3-6-14(18)7-4-12/h3-8,10,15H,2,9,11,20H2,1H3. The summed E-state index contributed by atoms with van der Waals surface area (Å²) in [6, 6.07) is 14.1. The average Bonchev–Trinajstić information content (AvgIpc) is 2.48. The molecule has 0 amide bonds. The van der Waals surface area contributed by atoms with E-state index in [0.717, 1.165) is 28.4 Å². The molecule has 0 saturated heterocycles. The second-order valence-electron chi connectivity index (χ2n) is 5.05. The van der Waals surface area contributed by atoms with Crippen LogP contribution in [0.4, 0.5) is 0 Å². The number of hydrogen-bond acceptors (Lipinski definition) is 2. The maximum absolute atomic E-state index is 6.27. The number of hydrogen-bond donors (Lipinski definition) is 1. The molecular weight excluding hydrogens is 350 g/mol. The Balaban J connectivity index is 1.99. The van der Waals surface area contributed by atoms with Crippen LogP contribution in [-0.2, 0) is 13.0 Å². The molecule has 21 heavy (non-hydrogen) atoms. The van der Waals surface area contributed by atoms with Gasteiger partial charge < -0.3 is 10.5 Å². The third-order valence-corrected chi connectivity index (χ3v) is 4.15. The summed E-state index contributed by atoms with van der Waals surface area (Å²) >= 11 is 9.69. The molecule has 0 saturated carbocycles. The molecule has 1 unspecified atom stereocenters. The van der Waals surface area contributed by atoms with Gasteiger partial charge in [0.25, 0.3) is 0 Å². The third-order valence-electron chi connectivity index (χ3n) is 3.33. The van der Waals surface area contributed by atoms with Gasteiger partial charge in [0.05, 0.1) is 5.02 Å². The van der Waals surface area contributed by atoms with E-state index in [1.807, 2.05) is 42.5 Å². The first-order valence-electron chi connectivity index (χ1n) is 6.99. The van der Waals surface area contributed by atoms with Crippen LogP contribution in [0.5, 0.6) is 5.75 Å². The molecule has 112 valence electrons. The van der Waals surface area contributed by atoms with Crippen molar-refractivity contribution in [3.8, 4) is 5.75 Å². The minimum Gasteiger partial charge on any atom is -0.487 e. The first kappa shape index (κ1) is 16.3. The van der Waals surface area contributed by atoms with Gasteiger partial charge in [-0.15, -0.1) is 0 Å². The van der Waals surface area contributed by atoms with Crippen LogP contribution in [0.1, 0.15) is 24.5 Å². The molecule has 4 heteroatoms. The Hall–Kier alpha value is -1.03. The Morgan fingerprint density at radius 1 is 1.14 bits per heavy atom. The highest BCUT2D eigenvalue weighted by molar-refractivity contribution is 9.10. The topological polar surface area (TPSA) is 35.2 Å². The lowest BCUT2D eigenvalue weighted by atomic mass is 10.0. The zero-order valence-electron chi connectivity index (χ0n) is 12.0. The van der Waals surface area contributed by atoms with E-state index in [4.69, 9.17) is 22.1 Å². The number of halogens is 2. The fourth-order valence-electron chi connectivity index (χ4n) is 1.98. The lowest BCUT2D eigenvalue weighted by molar-refractivity contribution is 0.306. The van der Waals surface area contributed by atoms with E-state index in [1.165, 1.54) is 0 Å². The Bertz CT molecular complexity index is 586. The summed E-state index contributed by atoms with van der Waals surface area (Å²) in [4.78, 5) is 0. The normalized spacial score (nSPS) is 12.2. The predicted molar refractivity (Wildman–Crippen MR) is 91.9 cm³/mol. The summed E-state index contributed by atoms with van der Waals surface area (Å²) in [5.41, 5.74) is 8.21. The second-order valence-corrected chi connectivity index (χ2v) is 6.38. The van der Waals surface area contributed by atoms with Gasteiger partial charge in [-0.25, -0.2) is 0 Å². The average molecular weight is 369 g/mol. The van der Waals surface area contributed by atoms with Gasteiger partial charge in [0.15, 0.2) is 0 Å². The third kappa shape index (κ3) is 5.03. The van der Waals surface area contributed by atoms with Crippen molar-refractivity contribution < 1.29 is 4.74 Å². The molecule has 2 aromatic carbocycles. The van der Waals surface area contributed by atoms with Gasteiger partial charge in [0, 0.05) is 10.5 Å². The molecule has 0 aliphatic carbocycles. The second kappa shape index (κ2) is 7.83. The van der Waals surface area contributed by atoms with E-state index in [1.54, 1.807) is 0 Å². The van der Waals surface area contributed by atoms with Crippen molar-refractivity contribution in [3.05, 3.63) is 63.1 Å². The highest BCUT2D eigenvalue weighted by atomic mass is 79.9. The number of benzene rings is 2. The molecule has 0 bridgehead atoms. The molecular formula is C17H19BrClNO. The Morgan fingerprint density at radius 3 is 2.43 bits per heavy atom. The zero-order valence-corrected chi connectivity index (χ0v) is 14.3. The van der Waals surface area contributed by atoms with Gasteiger partial charge in [-0.3, -0.25) is 0 Å². The van der Waals surface area contributed by atoms with Crippen molar-refractivity contribution in [3.63, 3.8) is 0 Å². The van der Waals surface area contributed by atoms with Gasteiger partial charge in [-0.2, -0.15) is 0 Å². The van der Waals surface area contributed by atoms with E-state index in [9.17, 15) is 0 Å². The molecule has 2 rings (SSSR count). The first-order chi connectivity index (χ1) is 10.1. The van der Waals surface area contributed by atoms with Gasteiger partial charge in [-0.05, 0) is 48.2 Å². The number of nitrogens with two attached hydrogens (primary N) is 1. The van der Waals surface area contributed by atoms with Crippen molar-refractivity contribution in [2.75, 3.05) is 0 Å². The van der Waals surface area contributed by atoms with E-state index in [0.29, 0.717) is 17.4 Å². The summed E-state index contributed by atoms with van der Waals surface area (Å²) in [5.74, 6) is 0.702. The molecule has 0 aliphatic rings. The number of ether oxygens (including phenoxy) is 1. The van der Waals surface area contributed by atoms with Crippen LogP contribution in [0.15, 0.2) is 46.9 Å². The molecule has 0 aromatic heterocycles. The lowest BCUT2D eigenvalue weighted by Crippen LogP contribution is -2.21. The quantitative estimate of drug-likeness (QED) is 0.782.